The first-order valence-electron chi connectivity index (χ1n) is 7.23. The second-order valence-electron chi connectivity index (χ2n) is 6.18. The lowest BCUT2D eigenvalue weighted by molar-refractivity contribution is -0.126. The van der Waals surface area contributed by atoms with Crippen LogP contribution in [-0.2, 0) is 14.3 Å². The summed E-state index contributed by atoms with van der Waals surface area (Å²) in [5, 5.41) is 0. The second kappa shape index (κ2) is 3.70. The number of ether oxygens (including phenoxy) is 3. The predicted molar refractivity (Wildman–Crippen MR) is 74.5 cm³/mol. The van der Waals surface area contributed by atoms with Crippen molar-refractivity contribution in [2.45, 2.75) is 18.6 Å². The fourth-order valence-corrected chi connectivity index (χ4v) is 3.93. The molecule has 1 aromatic carbocycles. The van der Waals surface area contributed by atoms with E-state index in [9.17, 15) is 9.59 Å². The van der Waals surface area contributed by atoms with Crippen molar-refractivity contribution < 1.29 is 23.8 Å². The minimum Gasteiger partial charge on any atom is -0.454 e. The van der Waals surface area contributed by atoms with Gasteiger partial charge in [0.15, 0.2) is 11.5 Å². The van der Waals surface area contributed by atoms with Crippen LogP contribution < -0.4 is 14.4 Å². The molecular weight excluding hydrogens is 286 g/mol. The highest BCUT2D eigenvalue weighted by Crippen LogP contribution is 2.52. The summed E-state index contributed by atoms with van der Waals surface area (Å²) in [7, 11) is 0. The van der Waals surface area contributed by atoms with Crippen molar-refractivity contribution in [1.29, 1.82) is 0 Å². The van der Waals surface area contributed by atoms with Gasteiger partial charge >= 0.3 is 0 Å². The zero-order valence-electron chi connectivity index (χ0n) is 11.8. The summed E-state index contributed by atoms with van der Waals surface area (Å²) in [5.74, 6) is -0.0951. The average molecular weight is 299 g/mol. The van der Waals surface area contributed by atoms with Gasteiger partial charge in [-0.05, 0) is 19.1 Å². The normalized spacial score (nSPS) is 37.3. The molecule has 0 aliphatic carbocycles. The number of hydrogen-bond donors (Lipinski definition) is 0. The molecule has 1 aromatic rings. The van der Waals surface area contributed by atoms with E-state index in [-0.39, 0.29) is 24.7 Å². The van der Waals surface area contributed by atoms with Gasteiger partial charge < -0.3 is 14.2 Å². The summed E-state index contributed by atoms with van der Waals surface area (Å²) in [6, 6.07) is 5.11. The monoisotopic (exact) mass is 299 g/mol. The molecule has 0 N–H and O–H groups in total. The minimum atomic E-state index is -0.673. The molecule has 2 amide bonds. The lowest BCUT2D eigenvalue weighted by atomic mass is 9.78. The summed E-state index contributed by atoms with van der Waals surface area (Å²) in [6.45, 7) is 2.02. The van der Waals surface area contributed by atoms with Gasteiger partial charge in [0, 0.05) is 6.07 Å². The third-order valence-electron chi connectivity index (χ3n) is 4.94. The molecule has 22 heavy (non-hydrogen) atoms. The number of anilines is 1. The Morgan fingerprint density at radius 3 is 2.82 bits per heavy atom. The van der Waals surface area contributed by atoms with Crippen LogP contribution in [0.4, 0.5) is 5.69 Å². The lowest BCUT2D eigenvalue weighted by Crippen LogP contribution is -2.38. The molecule has 112 valence electrons. The summed E-state index contributed by atoms with van der Waals surface area (Å²) in [4.78, 5) is 26.8. The highest BCUT2D eigenvalue weighted by molar-refractivity contribution is 6.23. The Hall–Kier alpha value is -2.34. The largest absolute Gasteiger partial charge is 0.454 e. The molecule has 2 saturated heterocycles. The third kappa shape index (κ3) is 1.29. The van der Waals surface area contributed by atoms with Crippen molar-refractivity contribution in [3.8, 4) is 11.5 Å². The van der Waals surface area contributed by atoms with Gasteiger partial charge in [0.2, 0.25) is 18.6 Å². The molecule has 4 unspecified atom stereocenters. The first-order valence-corrected chi connectivity index (χ1v) is 7.23. The molecule has 0 radical (unpaired) electrons. The minimum absolute atomic E-state index is 0.157. The van der Waals surface area contributed by atoms with Gasteiger partial charge in [-0.1, -0.05) is 12.2 Å². The van der Waals surface area contributed by atoms with Gasteiger partial charge in [-0.25, -0.2) is 4.90 Å². The molecule has 6 heteroatoms. The van der Waals surface area contributed by atoms with Crippen molar-refractivity contribution in [2.75, 3.05) is 11.7 Å². The highest BCUT2D eigenvalue weighted by atomic mass is 16.7. The summed E-state index contributed by atoms with van der Waals surface area (Å²) < 4.78 is 16.4. The molecule has 5 rings (SSSR count). The zero-order chi connectivity index (χ0) is 15.1. The van der Waals surface area contributed by atoms with E-state index in [1.54, 1.807) is 18.2 Å². The summed E-state index contributed by atoms with van der Waals surface area (Å²) in [5.41, 5.74) is -0.149. The van der Waals surface area contributed by atoms with Crippen molar-refractivity contribution in [3.63, 3.8) is 0 Å². The van der Waals surface area contributed by atoms with E-state index in [1.165, 1.54) is 4.90 Å². The number of benzene rings is 1. The van der Waals surface area contributed by atoms with Crippen LogP contribution in [0.25, 0.3) is 0 Å². The number of nitrogens with zero attached hydrogens (tertiary/aromatic N) is 1. The topological polar surface area (TPSA) is 65.1 Å². The molecule has 4 aliphatic heterocycles. The molecule has 4 heterocycles. The Kier molecular flexibility index (Phi) is 2.06. The Morgan fingerprint density at radius 2 is 2.00 bits per heavy atom. The van der Waals surface area contributed by atoms with Crippen LogP contribution in [0.2, 0.25) is 0 Å². The number of hydrogen-bond acceptors (Lipinski definition) is 5. The predicted octanol–water partition coefficient (Wildman–Crippen LogP) is 1.25. The van der Waals surface area contributed by atoms with Crippen LogP contribution in [0.3, 0.4) is 0 Å². The first-order chi connectivity index (χ1) is 10.6. The lowest BCUT2D eigenvalue weighted by Gasteiger charge is -2.24. The maximum absolute atomic E-state index is 12.8. The van der Waals surface area contributed by atoms with Crippen LogP contribution in [0, 0.1) is 11.8 Å². The Bertz CT molecular complexity index is 757. The fraction of sp³-hybridized carbons (Fsp3) is 0.375. The van der Waals surface area contributed by atoms with Crippen molar-refractivity contribution in [2.24, 2.45) is 11.8 Å². The van der Waals surface area contributed by atoms with Crippen LogP contribution in [0.15, 0.2) is 30.4 Å². The summed E-state index contributed by atoms with van der Waals surface area (Å²) in [6.07, 6.45) is 3.48. The van der Waals surface area contributed by atoms with E-state index in [1.807, 2.05) is 19.1 Å². The van der Waals surface area contributed by atoms with E-state index < -0.39 is 17.4 Å². The van der Waals surface area contributed by atoms with Gasteiger partial charge in [-0.2, -0.15) is 0 Å². The van der Waals surface area contributed by atoms with Crippen molar-refractivity contribution in [1.82, 2.24) is 0 Å². The Labute approximate surface area is 126 Å². The molecule has 2 bridgehead atoms. The van der Waals surface area contributed by atoms with Crippen LogP contribution in [0.5, 0.6) is 11.5 Å². The molecule has 4 atom stereocenters. The molecule has 0 spiro atoms. The second-order valence-corrected chi connectivity index (χ2v) is 6.18. The van der Waals surface area contributed by atoms with Crippen LogP contribution >= 0.6 is 0 Å². The Morgan fingerprint density at radius 1 is 1.18 bits per heavy atom. The number of carbonyl (C=O) groups is 2. The fourth-order valence-electron chi connectivity index (χ4n) is 3.93. The van der Waals surface area contributed by atoms with E-state index >= 15 is 0 Å². The number of amides is 2. The quantitative estimate of drug-likeness (QED) is 0.577. The smallest absolute Gasteiger partial charge is 0.241 e. The first kappa shape index (κ1) is 12.2. The standard InChI is InChI=1S/C16H13NO5/c1-16-5-4-10(22-16)12-13(16)15(19)17(14(12)18)8-2-3-9-11(6-8)21-7-20-9/h2-6,10,12-13H,7H2,1H3. The SMILES string of the molecule is CC12C=CC(O1)C1C(=O)N(c3ccc4c(c3)OCO4)C(=O)C12. The molecule has 4 aliphatic rings. The van der Waals surface area contributed by atoms with E-state index in [2.05, 4.69) is 0 Å². The molecule has 0 aromatic heterocycles. The van der Waals surface area contributed by atoms with E-state index in [0.29, 0.717) is 17.2 Å². The molecule has 2 fully saturated rings. The van der Waals surface area contributed by atoms with Crippen LogP contribution in [-0.4, -0.2) is 30.3 Å². The zero-order valence-corrected chi connectivity index (χ0v) is 11.8. The maximum atomic E-state index is 12.8. The van der Waals surface area contributed by atoms with Crippen LogP contribution in [0.1, 0.15) is 6.92 Å². The molecule has 0 saturated carbocycles. The number of imide groups is 1. The van der Waals surface area contributed by atoms with Gasteiger partial charge in [0.25, 0.3) is 0 Å². The average Bonchev–Trinajstić information content (AvgIpc) is 3.20. The number of fused-ring (bicyclic) bond motifs is 6. The van der Waals surface area contributed by atoms with Gasteiger partial charge in [-0.15, -0.1) is 0 Å². The summed E-state index contributed by atoms with van der Waals surface area (Å²) >= 11 is 0. The van der Waals surface area contributed by atoms with Gasteiger partial charge in [0.05, 0.1) is 29.2 Å². The Balaban J connectivity index is 1.58. The third-order valence-corrected chi connectivity index (χ3v) is 4.94. The number of rotatable bonds is 1. The maximum Gasteiger partial charge on any atom is 0.241 e. The molecular formula is C16H13NO5. The van der Waals surface area contributed by atoms with Crippen molar-refractivity contribution >= 4 is 17.5 Å². The van der Waals surface area contributed by atoms with E-state index in [4.69, 9.17) is 14.2 Å². The highest BCUT2D eigenvalue weighted by Gasteiger charge is 2.66. The molecule has 6 nitrogen and oxygen atoms in total. The van der Waals surface area contributed by atoms with E-state index in [0.717, 1.165) is 0 Å². The van der Waals surface area contributed by atoms with Gasteiger partial charge in [0.1, 0.15) is 0 Å². The number of carbonyl (C=O) groups excluding carboxylic acids is 2. The van der Waals surface area contributed by atoms with Crippen molar-refractivity contribution in [3.05, 3.63) is 30.4 Å². The van der Waals surface area contributed by atoms with Gasteiger partial charge in [-0.3, -0.25) is 9.59 Å².